The van der Waals surface area contributed by atoms with Crippen LogP contribution in [0.3, 0.4) is 0 Å². The van der Waals surface area contributed by atoms with Gasteiger partial charge in [0.15, 0.2) is 11.3 Å². The van der Waals surface area contributed by atoms with Gasteiger partial charge in [0, 0.05) is 30.9 Å². The number of hydrogen-bond donors (Lipinski definition) is 0. The lowest BCUT2D eigenvalue weighted by Crippen LogP contribution is -1.93. The van der Waals surface area contributed by atoms with Crippen LogP contribution >= 0.6 is 0 Å². The van der Waals surface area contributed by atoms with Crippen LogP contribution in [0.15, 0.2) is 61.7 Å². The molecule has 0 spiro atoms. The lowest BCUT2D eigenvalue weighted by atomic mass is 10.0. The van der Waals surface area contributed by atoms with Crippen molar-refractivity contribution in [3.63, 3.8) is 0 Å². The first-order valence-corrected chi connectivity index (χ1v) is 9.40. The Morgan fingerprint density at radius 2 is 1.25 bits per heavy atom. The molecule has 4 rings (SSSR count). The van der Waals surface area contributed by atoms with Crippen molar-refractivity contribution in [3.05, 3.63) is 61.7 Å². The standard InChI is InChI=1S/2C6H5N3.2C5H12/c1-3-7-6-2-4-8-9(6)5-1;1-2-8-6-4-7-5-9(6)3-1;2*1-5(2,3)4/h2*1-5H;2*1-4H3. The van der Waals surface area contributed by atoms with Gasteiger partial charge in [0.25, 0.3) is 0 Å². The molecule has 4 aromatic heterocycles. The molecule has 0 unspecified atom stereocenters. The third kappa shape index (κ3) is 11.8. The molecule has 6 nitrogen and oxygen atoms in total. The number of nitrogens with zero attached hydrogens (tertiary/aromatic N) is 6. The second-order valence-electron chi connectivity index (χ2n) is 9.53. The van der Waals surface area contributed by atoms with Crippen LogP contribution in [0.1, 0.15) is 55.4 Å². The molecule has 4 aromatic rings. The first-order valence-electron chi connectivity index (χ1n) is 9.40. The zero-order valence-electron chi connectivity index (χ0n) is 18.5. The van der Waals surface area contributed by atoms with Gasteiger partial charge in [-0.1, -0.05) is 55.4 Å². The SMILES string of the molecule is CC(C)(C)C.CC(C)(C)C.c1cnc2ccnn2c1.c1cnc2cncn2c1. The van der Waals surface area contributed by atoms with Gasteiger partial charge < -0.3 is 0 Å². The number of fused-ring (bicyclic) bond motifs is 2. The predicted octanol–water partition coefficient (Wildman–Crippen LogP) is 5.56. The Morgan fingerprint density at radius 3 is 1.79 bits per heavy atom. The summed E-state index contributed by atoms with van der Waals surface area (Å²) < 4.78 is 3.58. The average Bonchev–Trinajstić information content (AvgIpc) is 3.21. The Morgan fingerprint density at radius 1 is 0.714 bits per heavy atom. The van der Waals surface area contributed by atoms with Crippen molar-refractivity contribution in [1.82, 2.24) is 29.0 Å². The fourth-order valence-electron chi connectivity index (χ4n) is 1.53. The summed E-state index contributed by atoms with van der Waals surface area (Å²) in [7, 11) is 0. The molecule has 0 bridgehead atoms. The van der Waals surface area contributed by atoms with E-state index in [0.717, 1.165) is 11.3 Å². The van der Waals surface area contributed by atoms with Gasteiger partial charge in [0.2, 0.25) is 0 Å². The maximum atomic E-state index is 4.04. The highest BCUT2D eigenvalue weighted by molar-refractivity contribution is 5.34. The summed E-state index contributed by atoms with van der Waals surface area (Å²) in [6, 6.07) is 5.58. The van der Waals surface area contributed by atoms with Gasteiger partial charge in [0.1, 0.15) is 6.33 Å². The highest BCUT2D eigenvalue weighted by Gasteiger charge is 1.96. The Balaban J connectivity index is 0.000000196. The molecule has 0 aliphatic heterocycles. The van der Waals surface area contributed by atoms with E-state index in [0.29, 0.717) is 10.8 Å². The van der Waals surface area contributed by atoms with Crippen LogP contribution in [-0.2, 0) is 0 Å². The molecule has 0 aliphatic carbocycles. The van der Waals surface area contributed by atoms with Crippen LogP contribution in [0.5, 0.6) is 0 Å². The molecule has 6 heteroatoms. The molecule has 0 aliphatic rings. The van der Waals surface area contributed by atoms with Gasteiger partial charge in [-0.15, -0.1) is 0 Å². The molecule has 0 amide bonds. The summed E-state index contributed by atoms with van der Waals surface area (Å²) in [5.41, 5.74) is 2.77. The Bertz CT molecular complexity index is 775. The van der Waals surface area contributed by atoms with E-state index in [2.05, 4.69) is 75.4 Å². The zero-order valence-corrected chi connectivity index (χ0v) is 18.5. The Kier molecular flexibility index (Phi) is 8.76. The molecule has 0 aromatic carbocycles. The Labute approximate surface area is 168 Å². The van der Waals surface area contributed by atoms with E-state index in [9.17, 15) is 0 Å². The van der Waals surface area contributed by atoms with Crippen molar-refractivity contribution in [2.24, 2.45) is 10.8 Å². The van der Waals surface area contributed by atoms with E-state index in [4.69, 9.17) is 0 Å². The van der Waals surface area contributed by atoms with E-state index in [-0.39, 0.29) is 0 Å². The van der Waals surface area contributed by atoms with E-state index in [1.54, 1.807) is 35.6 Å². The molecular weight excluding hydrogens is 348 g/mol. The van der Waals surface area contributed by atoms with Crippen LogP contribution in [0.2, 0.25) is 0 Å². The van der Waals surface area contributed by atoms with Crippen LogP contribution in [-0.4, -0.2) is 29.0 Å². The first-order chi connectivity index (χ1) is 12.9. The fourth-order valence-corrected chi connectivity index (χ4v) is 1.53. The second-order valence-corrected chi connectivity index (χ2v) is 9.53. The van der Waals surface area contributed by atoms with Crippen LogP contribution in [0.4, 0.5) is 0 Å². The van der Waals surface area contributed by atoms with E-state index in [1.807, 2.05) is 35.0 Å². The predicted molar refractivity (Wildman–Crippen MR) is 116 cm³/mol. The van der Waals surface area contributed by atoms with Crippen molar-refractivity contribution in [2.75, 3.05) is 0 Å². The van der Waals surface area contributed by atoms with Crippen molar-refractivity contribution >= 4 is 11.3 Å². The Hall–Kier alpha value is -2.76. The smallest absolute Gasteiger partial charge is 0.156 e. The molecule has 0 saturated heterocycles. The van der Waals surface area contributed by atoms with Gasteiger partial charge in [-0.2, -0.15) is 5.10 Å². The summed E-state index contributed by atoms with van der Waals surface area (Å²) in [6.45, 7) is 17.5. The molecule has 0 atom stereocenters. The molecule has 0 radical (unpaired) electrons. The molecule has 28 heavy (non-hydrogen) atoms. The molecule has 0 N–H and O–H groups in total. The molecule has 4 heterocycles. The topological polar surface area (TPSA) is 60.4 Å². The largest absolute Gasteiger partial charge is 0.291 e. The van der Waals surface area contributed by atoms with Crippen LogP contribution in [0, 0.1) is 10.8 Å². The average molecular weight is 383 g/mol. The van der Waals surface area contributed by atoms with Gasteiger partial charge in [-0.3, -0.25) is 4.40 Å². The molecule has 0 fully saturated rings. The number of hydrogen-bond acceptors (Lipinski definition) is 4. The van der Waals surface area contributed by atoms with Crippen LogP contribution in [0.25, 0.3) is 11.3 Å². The maximum Gasteiger partial charge on any atom is 0.156 e. The summed E-state index contributed by atoms with van der Waals surface area (Å²) >= 11 is 0. The van der Waals surface area contributed by atoms with Crippen molar-refractivity contribution in [1.29, 1.82) is 0 Å². The molecule has 0 saturated carbocycles. The van der Waals surface area contributed by atoms with Crippen molar-refractivity contribution in [3.8, 4) is 0 Å². The van der Waals surface area contributed by atoms with Crippen LogP contribution < -0.4 is 0 Å². The fraction of sp³-hybridized carbons (Fsp3) is 0.455. The van der Waals surface area contributed by atoms with E-state index < -0.39 is 0 Å². The second kappa shape index (κ2) is 10.5. The summed E-state index contributed by atoms with van der Waals surface area (Å²) in [6.07, 6.45) is 12.4. The minimum Gasteiger partial charge on any atom is -0.291 e. The number of aromatic nitrogens is 6. The monoisotopic (exact) mass is 382 g/mol. The third-order valence-electron chi connectivity index (χ3n) is 2.35. The van der Waals surface area contributed by atoms with Gasteiger partial charge in [-0.05, 0) is 23.0 Å². The van der Waals surface area contributed by atoms with Crippen molar-refractivity contribution in [2.45, 2.75) is 55.4 Å². The van der Waals surface area contributed by atoms with Crippen molar-refractivity contribution < 1.29 is 0 Å². The normalized spacial score (nSPS) is 10.9. The van der Waals surface area contributed by atoms with E-state index in [1.165, 1.54) is 0 Å². The first kappa shape index (κ1) is 23.3. The van der Waals surface area contributed by atoms with E-state index >= 15 is 0 Å². The van der Waals surface area contributed by atoms with Gasteiger partial charge in [0.05, 0.1) is 12.4 Å². The van der Waals surface area contributed by atoms with Gasteiger partial charge in [-0.25, -0.2) is 19.5 Å². The zero-order chi connectivity index (χ0) is 21.2. The quantitative estimate of drug-likeness (QED) is 0.399. The molecular formula is C22H34N6. The maximum absolute atomic E-state index is 4.04. The highest BCUT2D eigenvalue weighted by Crippen LogP contribution is 2.08. The molecule has 152 valence electrons. The number of rotatable bonds is 0. The lowest BCUT2D eigenvalue weighted by Gasteiger charge is -2.05. The van der Waals surface area contributed by atoms with Gasteiger partial charge >= 0.3 is 0 Å². The third-order valence-corrected chi connectivity index (χ3v) is 2.35. The number of imidazole rings is 1. The summed E-state index contributed by atoms with van der Waals surface area (Å²) in [5, 5.41) is 3.97. The highest BCUT2D eigenvalue weighted by atomic mass is 15.2. The summed E-state index contributed by atoms with van der Waals surface area (Å²) in [5.74, 6) is 0. The minimum absolute atomic E-state index is 0.500. The lowest BCUT2D eigenvalue weighted by molar-refractivity contribution is 0.469. The minimum atomic E-state index is 0.500. The summed E-state index contributed by atoms with van der Waals surface area (Å²) in [4.78, 5) is 12.0.